The van der Waals surface area contributed by atoms with Crippen LogP contribution < -0.4 is 20.2 Å². The van der Waals surface area contributed by atoms with Crippen LogP contribution in [0.4, 0.5) is 32.0 Å². The van der Waals surface area contributed by atoms with Crippen molar-refractivity contribution in [2.75, 3.05) is 18.6 Å². The maximum atomic E-state index is 12.4. The van der Waals surface area contributed by atoms with E-state index in [-0.39, 0.29) is 0 Å². The molecule has 1 amide bonds. The van der Waals surface area contributed by atoms with Crippen LogP contribution in [-0.2, 0) is 0 Å². The summed E-state index contributed by atoms with van der Waals surface area (Å²) >= 11 is 5.91. The van der Waals surface area contributed by atoms with Gasteiger partial charge in [0.05, 0.1) is 16.3 Å². The van der Waals surface area contributed by atoms with Crippen LogP contribution in [0, 0.1) is 0 Å². The Balaban J connectivity index is 2.13. The van der Waals surface area contributed by atoms with E-state index < -0.39 is 48.5 Å². The Morgan fingerprint density at radius 1 is 1.00 bits per heavy atom. The fraction of sp³-hybridized carbons (Fsp3) is 0.222. The third-order valence-corrected chi connectivity index (χ3v) is 3.64. The van der Waals surface area contributed by atoms with Crippen LogP contribution >= 0.6 is 11.6 Å². The third kappa shape index (κ3) is 8.62. The van der Waals surface area contributed by atoms with Crippen LogP contribution in [0.15, 0.2) is 47.6 Å². The highest BCUT2D eigenvalue weighted by Gasteiger charge is 2.30. The number of benzene rings is 2. The van der Waals surface area contributed by atoms with Crippen molar-refractivity contribution in [3.8, 4) is 11.5 Å². The van der Waals surface area contributed by atoms with E-state index in [2.05, 4.69) is 25.3 Å². The van der Waals surface area contributed by atoms with Gasteiger partial charge in [-0.2, -0.15) is 31.4 Å². The number of nitrogens with zero attached hydrogens (tertiary/aromatic N) is 1. The minimum absolute atomic E-state index is 0.336. The Bertz CT molecular complexity index is 934. The number of anilines is 1. The second-order valence-electron chi connectivity index (χ2n) is 5.79. The molecular weight excluding hydrogens is 456 g/mol. The molecule has 13 heteroatoms. The maximum absolute atomic E-state index is 12.4. The molecule has 0 aliphatic heterocycles. The number of rotatable bonds is 8. The summed E-state index contributed by atoms with van der Waals surface area (Å²) in [5.74, 6) is -1.91. The second kappa shape index (κ2) is 10.2. The first-order chi connectivity index (χ1) is 14.4. The molecule has 0 aliphatic rings. The van der Waals surface area contributed by atoms with Gasteiger partial charge in [-0.25, -0.2) is 0 Å². The first kappa shape index (κ1) is 24.1. The number of hydrogen-bond donors (Lipinski definition) is 2. The van der Waals surface area contributed by atoms with E-state index in [1.807, 2.05) is 0 Å². The highest BCUT2D eigenvalue weighted by Crippen LogP contribution is 2.28. The van der Waals surface area contributed by atoms with Gasteiger partial charge in [0.1, 0.15) is 17.8 Å². The molecule has 0 fully saturated rings. The molecule has 0 aliphatic carbocycles. The molecule has 2 aromatic rings. The number of halogens is 7. The first-order valence-electron chi connectivity index (χ1n) is 8.31. The minimum atomic E-state index is -4.69. The smallest absolute Gasteiger partial charge is 0.422 e. The predicted octanol–water partition coefficient (Wildman–Crippen LogP) is 5.01. The summed E-state index contributed by atoms with van der Waals surface area (Å²) in [4.78, 5) is 12.3. The Labute approximate surface area is 176 Å². The zero-order valence-electron chi connectivity index (χ0n) is 15.4. The van der Waals surface area contributed by atoms with Gasteiger partial charge in [-0.3, -0.25) is 10.2 Å². The number of alkyl halides is 6. The molecule has 0 saturated heterocycles. The van der Waals surface area contributed by atoms with Crippen molar-refractivity contribution < 1.29 is 40.6 Å². The maximum Gasteiger partial charge on any atom is 0.422 e. The van der Waals surface area contributed by atoms with Gasteiger partial charge >= 0.3 is 12.4 Å². The quantitative estimate of drug-likeness (QED) is 0.247. The number of carbonyl (C=O) groups is 1. The zero-order valence-corrected chi connectivity index (χ0v) is 16.1. The molecule has 0 atom stereocenters. The van der Waals surface area contributed by atoms with E-state index in [4.69, 9.17) is 11.6 Å². The largest absolute Gasteiger partial charge is 0.484 e. The molecule has 0 bridgehead atoms. The Morgan fingerprint density at radius 3 is 2.29 bits per heavy atom. The lowest BCUT2D eigenvalue weighted by Crippen LogP contribution is -2.25. The summed E-state index contributed by atoms with van der Waals surface area (Å²) in [5, 5.41) is 6.17. The van der Waals surface area contributed by atoms with Crippen molar-refractivity contribution in [3.63, 3.8) is 0 Å². The molecule has 6 nitrogen and oxygen atoms in total. The third-order valence-electron chi connectivity index (χ3n) is 3.31. The fourth-order valence-corrected chi connectivity index (χ4v) is 2.23. The lowest BCUT2D eigenvalue weighted by Gasteiger charge is -2.15. The van der Waals surface area contributed by atoms with Gasteiger partial charge in [-0.05, 0) is 30.3 Å². The Morgan fingerprint density at radius 2 is 1.65 bits per heavy atom. The monoisotopic (exact) mass is 469 g/mol. The molecule has 0 radical (unpaired) electrons. The number of ether oxygens (including phenoxy) is 2. The lowest BCUT2D eigenvalue weighted by atomic mass is 10.1. The zero-order chi connectivity index (χ0) is 23.1. The van der Waals surface area contributed by atoms with Crippen molar-refractivity contribution in [3.05, 3.63) is 53.1 Å². The summed E-state index contributed by atoms with van der Waals surface area (Å²) in [5.41, 5.74) is 2.44. The standard InChI is InChI=1S/C18H14ClF6N3O3/c19-13-3-1-2-4-14(13)28-27-10-26-16(29)12-7-11(30-8-17(20,21)22)5-6-15(12)31-9-18(23,24)25/h1-7,10,28H,8-9H2,(H,26,27,29). The average molecular weight is 470 g/mol. The average Bonchev–Trinajstić information content (AvgIpc) is 2.68. The lowest BCUT2D eigenvalue weighted by molar-refractivity contribution is -0.154. The van der Waals surface area contributed by atoms with Crippen LogP contribution in [0.2, 0.25) is 5.02 Å². The van der Waals surface area contributed by atoms with Crippen molar-refractivity contribution in [1.29, 1.82) is 0 Å². The molecule has 2 aromatic carbocycles. The fourth-order valence-electron chi connectivity index (χ4n) is 2.05. The molecule has 2 N–H and O–H groups in total. The van der Waals surface area contributed by atoms with Crippen LogP contribution in [0.3, 0.4) is 0 Å². The molecule has 0 heterocycles. The molecule has 31 heavy (non-hydrogen) atoms. The second-order valence-corrected chi connectivity index (χ2v) is 6.20. The molecular formula is C18H14ClF6N3O3. The summed E-state index contributed by atoms with van der Waals surface area (Å²) in [7, 11) is 0. The number of hydrazone groups is 1. The van der Waals surface area contributed by atoms with Gasteiger partial charge in [0.2, 0.25) is 0 Å². The summed E-state index contributed by atoms with van der Waals surface area (Å²) in [6.45, 7) is -3.36. The summed E-state index contributed by atoms with van der Waals surface area (Å²) in [6.07, 6.45) is -8.47. The number of nitrogens with one attached hydrogen (secondary N) is 2. The van der Waals surface area contributed by atoms with Gasteiger partial charge in [0.15, 0.2) is 13.2 Å². The normalized spacial score (nSPS) is 12.0. The van der Waals surface area contributed by atoms with Crippen LogP contribution in [0.5, 0.6) is 11.5 Å². The van der Waals surface area contributed by atoms with Gasteiger partial charge in [0, 0.05) is 0 Å². The van der Waals surface area contributed by atoms with E-state index in [1.165, 1.54) is 0 Å². The van der Waals surface area contributed by atoms with E-state index in [0.717, 1.165) is 24.5 Å². The van der Waals surface area contributed by atoms with Crippen LogP contribution in [-0.4, -0.2) is 37.8 Å². The Kier molecular flexibility index (Phi) is 7.97. The predicted molar refractivity (Wildman–Crippen MR) is 101 cm³/mol. The van der Waals surface area contributed by atoms with Crippen molar-refractivity contribution in [2.45, 2.75) is 12.4 Å². The van der Waals surface area contributed by atoms with Crippen molar-refractivity contribution in [2.24, 2.45) is 5.10 Å². The number of para-hydroxylation sites is 1. The van der Waals surface area contributed by atoms with E-state index in [9.17, 15) is 31.1 Å². The van der Waals surface area contributed by atoms with Crippen molar-refractivity contribution >= 4 is 29.5 Å². The summed E-state index contributed by atoms with van der Waals surface area (Å²) in [6, 6.07) is 9.17. The van der Waals surface area contributed by atoms with Crippen molar-refractivity contribution in [1.82, 2.24) is 5.32 Å². The number of carbonyl (C=O) groups excluding carboxylic acids is 1. The highest BCUT2D eigenvalue weighted by atomic mass is 35.5. The molecule has 0 saturated carbocycles. The molecule has 0 unspecified atom stereocenters. The summed E-state index contributed by atoms with van der Waals surface area (Å²) < 4.78 is 83.3. The van der Waals surface area contributed by atoms with Crippen LogP contribution in [0.25, 0.3) is 0 Å². The number of hydrogen-bond acceptors (Lipinski definition) is 5. The van der Waals surface area contributed by atoms with E-state index in [1.54, 1.807) is 24.3 Å². The molecule has 2 rings (SSSR count). The van der Waals surface area contributed by atoms with Crippen LogP contribution in [0.1, 0.15) is 10.4 Å². The Hall–Kier alpha value is -3.15. The van der Waals surface area contributed by atoms with Gasteiger partial charge in [-0.1, -0.05) is 23.7 Å². The van der Waals surface area contributed by atoms with Gasteiger partial charge in [-0.15, -0.1) is 0 Å². The van der Waals surface area contributed by atoms with Gasteiger partial charge < -0.3 is 14.8 Å². The SMILES string of the molecule is O=C(N/C=N\Nc1ccccc1Cl)c1cc(OCC(F)(F)F)ccc1OCC(F)(F)F. The molecule has 168 valence electrons. The minimum Gasteiger partial charge on any atom is -0.484 e. The van der Waals surface area contributed by atoms with E-state index >= 15 is 0 Å². The molecule has 0 aromatic heterocycles. The topological polar surface area (TPSA) is 72.0 Å². The molecule has 0 spiro atoms. The van der Waals surface area contributed by atoms with Gasteiger partial charge in [0.25, 0.3) is 5.91 Å². The number of amides is 1. The highest BCUT2D eigenvalue weighted by molar-refractivity contribution is 6.33. The van der Waals surface area contributed by atoms with E-state index in [0.29, 0.717) is 10.7 Å². The first-order valence-corrected chi connectivity index (χ1v) is 8.68.